The Morgan fingerprint density at radius 3 is 0.750 bits per heavy atom. The monoisotopic (exact) mass is 592 g/mol. The molecule has 4 heteroatoms. The molecule has 0 aliphatic heterocycles. The second-order valence-electron chi connectivity index (χ2n) is 11.1. The summed E-state index contributed by atoms with van der Waals surface area (Å²) in [7, 11) is 0. The van der Waals surface area contributed by atoms with Crippen molar-refractivity contribution < 1.29 is 21.1 Å². The molecule has 0 fully saturated rings. The van der Waals surface area contributed by atoms with Crippen LogP contribution in [0, 0.1) is 27.7 Å². The van der Waals surface area contributed by atoms with E-state index in [1.807, 2.05) is 0 Å². The van der Waals surface area contributed by atoms with Gasteiger partial charge in [0.1, 0.15) is 0 Å². The number of aliphatic hydroxyl groups is 2. The zero-order chi connectivity index (χ0) is 31.6. The van der Waals surface area contributed by atoms with Crippen molar-refractivity contribution in [2.45, 2.75) is 67.3 Å². The van der Waals surface area contributed by atoms with Crippen molar-refractivity contribution in [3.05, 3.63) is 177 Å². The van der Waals surface area contributed by atoms with E-state index in [0.29, 0.717) is 26.4 Å². The maximum atomic E-state index is 8.64. The van der Waals surface area contributed by atoms with Crippen LogP contribution in [-0.2, 0) is 49.1 Å². The van der Waals surface area contributed by atoms with E-state index in [1.54, 1.807) is 24.3 Å². The van der Waals surface area contributed by atoms with Crippen LogP contribution in [0.1, 0.15) is 57.1 Å². The van der Waals surface area contributed by atoms with Gasteiger partial charge in [-0.05, 0) is 61.1 Å². The zero-order valence-corrected chi connectivity index (χ0v) is 26.5. The van der Waals surface area contributed by atoms with E-state index in [2.05, 4.69) is 125 Å². The fourth-order valence-corrected chi connectivity index (χ4v) is 4.06. The minimum atomic E-state index is 0. The quantitative estimate of drug-likeness (QED) is 0.170. The number of aliphatic hydroxyl groups excluding tert-OH is 2. The van der Waals surface area contributed by atoms with E-state index in [0.717, 1.165) is 11.1 Å². The van der Waals surface area contributed by atoms with Crippen molar-refractivity contribution in [2.75, 3.05) is 0 Å². The second kappa shape index (κ2) is 19.3. The Bertz CT molecular complexity index is 1350. The number of hydrogen-bond donors (Lipinski definition) is 2. The zero-order valence-electron chi connectivity index (χ0n) is 26.5. The first-order chi connectivity index (χ1) is 21.3. The van der Waals surface area contributed by atoms with Crippen molar-refractivity contribution >= 4 is 0 Å². The molecule has 2 N–H and O–H groups in total. The number of benzene rings is 5. The maximum absolute atomic E-state index is 8.64. The van der Waals surface area contributed by atoms with E-state index < -0.39 is 0 Å². The highest BCUT2D eigenvalue weighted by Gasteiger charge is 1.99. The van der Waals surface area contributed by atoms with Crippen molar-refractivity contribution in [1.29, 1.82) is 0 Å². The summed E-state index contributed by atoms with van der Waals surface area (Å²) in [5, 5.41) is 17.3. The van der Waals surface area contributed by atoms with Crippen LogP contribution >= 0.6 is 0 Å². The van der Waals surface area contributed by atoms with Crippen molar-refractivity contribution in [3.8, 4) is 0 Å². The molecule has 0 aromatic heterocycles. The van der Waals surface area contributed by atoms with Gasteiger partial charge in [0.05, 0.1) is 39.6 Å². The summed E-state index contributed by atoms with van der Waals surface area (Å²) in [6, 6.07) is 41.0. The highest BCUT2D eigenvalue weighted by Crippen LogP contribution is 2.12. The van der Waals surface area contributed by atoms with Crippen LogP contribution in [0.25, 0.3) is 0 Å². The molecule has 44 heavy (non-hydrogen) atoms. The van der Waals surface area contributed by atoms with Crippen LogP contribution in [0.15, 0.2) is 121 Å². The first-order valence-corrected chi connectivity index (χ1v) is 15.0. The molecule has 0 spiro atoms. The molecule has 0 saturated carbocycles. The molecular weight excluding hydrogens is 544 g/mol. The van der Waals surface area contributed by atoms with Crippen LogP contribution in [0.4, 0.5) is 0 Å². The normalized spacial score (nSPS) is 10.3. The molecule has 0 heterocycles. The third kappa shape index (κ3) is 13.5. The maximum Gasteiger partial charge on any atom is 0.0721 e. The predicted octanol–water partition coefficient (Wildman–Crippen LogP) is 8.96. The van der Waals surface area contributed by atoms with Gasteiger partial charge in [-0.25, -0.2) is 0 Å². The lowest BCUT2D eigenvalue weighted by atomic mass is 10.1. The van der Waals surface area contributed by atoms with Crippen molar-refractivity contribution in [1.82, 2.24) is 0 Å². The lowest BCUT2D eigenvalue weighted by molar-refractivity contribution is 0.105. The van der Waals surface area contributed by atoms with Gasteiger partial charge in [-0.15, -0.1) is 0 Å². The van der Waals surface area contributed by atoms with Crippen LogP contribution in [-0.4, -0.2) is 10.2 Å². The van der Waals surface area contributed by atoms with Gasteiger partial charge in [0.25, 0.3) is 0 Å². The van der Waals surface area contributed by atoms with Crippen LogP contribution in [0.5, 0.6) is 0 Å². The van der Waals surface area contributed by atoms with Gasteiger partial charge in [-0.3, -0.25) is 0 Å². The second-order valence-corrected chi connectivity index (χ2v) is 11.1. The minimum absolute atomic E-state index is 0. The average Bonchev–Trinajstić information content (AvgIpc) is 3.06. The molecule has 0 bridgehead atoms. The fraction of sp³-hybridized carbons (Fsp3) is 0.250. The molecule has 5 rings (SSSR count). The summed E-state index contributed by atoms with van der Waals surface area (Å²) >= 11 is 0. The minimum Gasteiger partial charge on any atom is -0.392 e. The van der Waals surface area contributed by atoms with Gasteiger partial charge in [-0.1, -0.05) is 144 Å². The number of aryl methyl sites for hydroxylation is 4. The third-order valence-electron chi connectivity index (χ3n) is 6.95. The van der Waals surface area contributed by atoms with Gasteiger partial charge in [0.2, 0.25) is 0 Å². The Labute approximate surface area is 265 Å². The average molecular weight is 593 g/mol. The van der Waals surface area contributed by atoms with Crippen LogP contribution < -0.4 is 0 Å². The van der Waals surface area contributed by atoms with Gasteiger partial charge >= 0.3 is 0 Å². The standard InChI is InChI=1S/C24H26O2.C8H10O2.C8H10.H2/c1-19-3-7-21(8-4-19)15-25-17-23-11-13-24(14-12-23)18-26-16-22-9-5-20(2)6-10-22;9-5-7-1-2-8(6-10)4-3-7;1-7-3-5-8(2)6-4-7;/h3-14H,15-18H2,1-2H3;1-4,9-10H,5-6H2;3-6H,1-2H3;1H. The van der Waals surface area contributed by atoms with E-state index in [1.165, 1.54) is 44.5 Å². The first kappa shape index (κ1) is 34.4. The molecule has 4 nitrogen and oxygen atoms in total. The van der Waals surface area contributed by atoms with E-state index in [9.17, 15) is 0 Å². The third-order valence-corrected chi connectivity index (χ3v) is 6.95. The lowest BCUT2D eigenvalue weighted by Gasteiger charge is -2.08. The molecule has 5 aromatic rings. The van der Waals surface area contributed by atoms with Crippen LogP contribution in [0.2, 0.25) is 0 Å². The summed E-state index contributed by atoms with van der Waals surface area (Å²) in [6.07, 6.45) is 0. The summed E-state index contributed by atoms with van der Waals surface area (Å²) in [6.45, 7) is 11.0. The highest BCUT2D eigenvalue weighted by molar-refractivity contribution is 5.24. The van der Waals surface area contributed by atoms with Crippen molar-refractivity contribution in [3.63, 3.8) is 0 Å². The topological polar surface area (TPSA) is 58.9 Å². The number of rotatable bonds is 10. The number of ether oxygens (including phenoxy) is 2. The Hall–Kier alpha value is -4.06. The van der Waals surface area contributed by atoms with Gasteiger partial charge in [0, 0.05) is 1.43 Å². The smallest absolute Gasteiger partial charge is 0.0721 e. The molecule has 0 unspecified atom stereocenters. The van der Waals surface area contributed by atoms with Gasteiger partial charge in [0.15, 0.2) is 0 Å². The lowest BCUT2D eigenvalue weighted by Crippen LogP contribution is -1.96. The molecule has 0 aliphatic carbocycles. The molecular formula is C40H48O4. The Morgan fingerprint density at radius 2 is 0.523 bits per heavy atom. The van der Waals surface area contributed by atoms with Gasteiger partial charge in [-0.2, -0.15) is 0 Å². The molecule has 0 aliphatic rings. The fourth-order valence-electron chi connectivity index (χ4n) is 4.06. The Kier molecular flexibility index (Phi) is 15.1. The van der Waals surface area contributed by atoms with Crippen LogP contribution in [0.3, 0.4) is 0 Å². The molecule has 0 amide bonds. The summed E-state index contributed by atoms with van der Waals surface area (Å²) in [5.41, 5.74) is 11.7. The van der Waals surface area contributed by atoms with E-state index in [4.69, 9.17) is 19.7 Å². The van der Waals surface area contributed by atoms with E-state index >= 15 is 0 Å². The highest BCUT2D eigenvalue weighted by atomic mass is 16.5. The largest absolute Gasteiger partial charge is 0.392 e. The summed E-state index contributed by atoms with van der Waals surface area (Å²) < 4.78 is 11.6. The number of hydrogen-bond acceptors (Lipinski definition) is 4. The first-order valence-electron chi connectivity index (χ1n) is 15.0. The Balaban J connectivity index is 0.000000303. The van der Waals surface area contributed by atoms with Gasteiger partial charge < -0.3 is 19.7 Å². The summed E-state index contributed by atoms with van der Waals surface area (Å²) in [4.78, 5) is 0. The summed E-state index contributed by atoms with van der Waals surface area (Å²) in [5.74, 6) is 0. The molecule has 5 aromatic carbocycles. The molecule has 0 radical (unpaired) electrons. The molecule has 0 saturated heterocycles. The van der Waals surface area contributed by atoms with E-state index in [-0.39, 0.29) is 14.6 Å². The SMILES string of the molecule is Cc1ccc(C)cc1.Cc1ccc(COCc2ccc(COCc3ccc(C)cc3)cc2)cc1.OCc1ccc(CO)cc1.[HH]. The molecule has 232 valence electrons. The predicted molar refractivity (Wildman–Crippen MR) is 182 cm³/mol. The molecule has 0 atom stereocenters. The Morgan fingerprint density at radius 1 is 0.341 bits per heavy atom. The van der Waals surface area contributed by atoms with Crippen molar-refractivity contribution in [2.24, 2.45) is 0 Å².